The van der Waals surface area contributed by atoms with Gasteiger partial charge in [0.25, 0.3) is 0 Å². The first-order valence-corrected chi connectivity index (χ1v) is 11.1. The first-order chi connectivity index (χ1) is 14.1. The Kier molecular flexibility index (Phi) is 9.64. The summed E-state index contributed by atoms with van der Waals surface area (Å²) in [5.74, 6) is -1.12. The van der Waals surface area contributed by atoms with E-state index in [0.717, 1.165) is 21.6 Å². The van der Waals surface area contributed by atoms with Crippen molar-refractivity contribution in [2.45, 2.75) is 52.3 Å². The fourth-order valence-corrected chi connectivity index (χ4v) is 3.91. The van der Waals surface area contributed by atoms with E-state index in [-0.39, 0.29) is 18.9 Å². The molecule has 164 valence electrons. The SMILES string of the molecule is CC(=O)N[C@@H](Cc1cc(F)cc(F)c1)[C@@H](O)CNCc1cc(CC(C)C)ccc1I. The van der Waals surface area contributed by atoms with Crippen LogP contribution in [0.1, 0.15) is 37.5 Å². The lowest BCUT2D eigenvalue weighted by molar-refractivity contribution is -0.120. The van der Waals surface area contributed by atoms with Gasteiger partial charge in [0.1, 0.15) is 11.6 Å². The number of amides is 1. The Bertz CT molecular complexity index is 841. The molecule has 0 aliphatic heterocycles. The van der Waals surface area contributed by atoms with Crippen molar-refractivity contribution in [1.82, 2.24) is 10.6 Å². The summed E-state index contributed by atoms with van der Waals surface area (Å²) in [6.45, 7) is 6.51. The van der Waals surface area contributed by atoms with E-state index in [2.05, 4.69) is 65.3 Å². The molecule has 30 heavy (non-hydrogen) atoms. The third kappa shape index (κ3) is 8.28. The van der Waals surface area contributed by atoms with Gasteiger partial charge >= 0.3 is 0 Å². The molecule has 0 heterocycles. The number of benzene rings is 2. The normalized spacial score (nSPS) is 13.3. The van der Waals surface area contributed by atoms with E-state index in [9.17, 15) is 18.7 Å². The molecule has 4 nitrogen and oxygen atoms in total. The van der Waals surface area contributed by atoms with Crippen LogP contribution in [0.2, 0.25) is 0 Å². The number of carbonyl (C=O) groups excluding carboxylic acids is 1. The van der Waals surface area contributed by atoms with E-state index in [4.69, 9.17) is 0 Å². The molecule has 0 aromatic heterocycles. The summed E-state index contributed by atoms with van der Waals surface area (Å²) >= 11 is 2.29. The van der Waals surface area contributed by atoms with Crippen molar-refractivity contribution >= 4 is 28.5 Å². The Morgan fingerprint density at radius 1 is 1.07 bits per heavy atom. The number of carbonyl (C=O) groups is 1. The van der Waals surface area contributed by atoms with E-state index >= 15 is 0 Å². The Morgan fingerprint density at radius 2 is 1.73 bits per heavy atom. The highest BCUT2D eigenvalue weighted by atomic mass is 127. The summed E-state index contributed by atoms with van der Waals surface area (Å²) in [7, 11) is 0. The Balaban J connectivity index is 2.00. The summed E-state index contributed by atoms with van der Waals surface area (Å²) in [5, 5.41) is 16.5. The van der Waals surface area contributed by atoms with Crippen LogP contribution in [0.4, 0.5) is 8.78 Å². The summed E-state index contributed by atoms with van der Waals surface area (Å²) in [6, 6.07) is 8.94. The molecule has 0 saturated heterocycles. The second kappa shape index (κ2) is 11.7. The van der Waals surface area contributed by atoms with E-state index in [1.807, 2.05) is 0 Å². The number of nitrogens with one attached hydrogen (secondary N) is 2. The highest BCUT2D eigenvalue weighted by molar-refractivity contribution is 14.1. The zero-order valence-electron chi connectivity index (χ0n) is 17.5. The molecule has 0 aliphatic carbocycles. The minimum absolute atomic E-state index is 0.124. The standard InChI is InChI=1S/C23H29F2IN2O2/c1-14(2)6-16-4-5-21(26)18(7-16)12-27-13-23(30)22(28-15(3)29)10-17-8-19(24)11-20(25)9-17/h4-5,7-9,11,14,22-23,27,30H,6,10,12-13H2,1-3H3,(H,28,29)/t22-,23-/m0/s1. The van der Waals surface area contributed by atoms with Crippen LogP contribution in [-0.2, 0) is 24.2 Å². The highest BCUT2D eigenvalue weighted by Gasteiger charge is 2.21. The van der Waals surface area contributed by atoms with Crippen LogP contribution in [0.5, 0.6) is 0 Å². The number of aliphatic hydroxyl groups excluding tert-OH is 1. The summed E-state index contributed by atoms with van der Waals surface area (Å²) in [5.41, 5.74) is 2.79. The number of hydrogen-bond acceptors (Lipinski definition) is 3. The second-order valence-electron chi connectivity index (χ2n) is 8.01. The quantitative estimate of drug-likeness (QED) is 0.408. The Hall–Kier alpha value is -1.58. The van der Waals surface area contributed by atoms with Crippen molar-refractivity contribution in [3.63, 3.8) is 0 Å². The van der Waals surface area contributed by atoms with Gasteiger partial charge in [0.05, 0.1) is 12.1 Å². The van der Waals surface area contributed by atoms with Gasteiger partial charge in [-0.25, -0.2) is 8.78 Å². The molecule has 2 aromatic carbocycles. The topological polar surface area (TPSA) is 61.4 Å². The molecule has 3 N–H and O–H groups in total. The van der Waals surface area contributed by atoms with Gasteiger partial charge in [-0.1, -0.05) is 26.0 Å². The largest absolute Gasteiger partial charge is 0.390 e. The zero-order chi connectivity index (χ0) is 22.3. The van der Waals surface area contributed by atoms with Crippen molar-refractivity contribution in [2.24, 2.45) is 5.92 Å². The number of aliphatic hydroxyl groups is 1. The average molecular weight is 530 g/mol. The van der Waals surface area contributed by atoms with Gasteiger partial charge in [-0.05, 0) is 76.2 Å². The molecule has 0 radical (unpaired) electrons. The molecular weight excluding hydrogens is 501 g/mol. The molecule has 0 spiro atoms. The Morgan fingerprint density at radius 3 is 2.33 bits per heavy atom. The maximum Gasteiger partial charge on any atom is 0.217 e. The summed E-state index contributed by atoms with van der Waals surface area (Å²) in [4.78, 5) is 11.6. The maximum atomic E-state index is 13.5. The van der Waals surface area contributed by atoms with Crippen LogP contribution in [0.3, 0.4) is 0 Å². The summed E-state index contributed by atoms with van der Waals surface area (Å²) < 4.78 is 28.1. The van der Waals surface area contributed by atoms with Crippen molar-refractivity contribution in [3.05, 3.63) is 68.3 Å². The molecule has 0 bridgehead atoms. The van der Waals surface area contributed by atoms with Gasteiger partial charge in [-0.15, -0.1) is 0 Å². The highest BCUT2D eigenvalue weighted by Crippen LogP contribution is 2.17. The fraction of sp³-hybridized carbons (Fsp3) is 0.435. The molecular formula is C23H29F2IN2O2. The molecule has 1 amide bonds. The first-order valence-electron chi connectivity index (χ1n) is 10.0. The molecule has 0 unspecified atom stereocenters. The van der Waals surface area contributed by atoms with Crippen LogP contribution in [0, 0.1) is 21.1 Å². The van der Waals surface area contributed by atoms with E-state index < -0.39 is 23.8 Å². The van der Waals surface area contributed by atoms with Crippen LogP contribution < -0.4 is 10.6 Å². The lowest BCUT2D eigenvalue weighted by Crippen LogP contribution is -2.48. The molecule has 0 fully saturated rings. The van der Waals surface area contributed by atoms with Crippen molar-refractivity contribution in [1.29, 1.82) is 0 Å². The molecule has 7 heteroatoms. The molecule has 0 aliphatic rings. The zero-order valence-corrected chi connectivity index (χ0v) is 19.7. The third-order valence-corrected chi connectivity index (χ3v) is 5.71. The number of hydrogen-bond donors (Lipinski definition) is 3. The predicted molar refractivity (Wildman–Crippen MR) is 123 cm³/mol. The molecule has 0 saturated carbocycles. The van der Waals surface area contributed by atoms with Crippen LogP contribution in [-0.4, -0.2) is 29.7 Å². The van der Waals surface area contributed by atoms with Gasteiger partial charge in [0, 0.05) is 29.6 Å². The monoisotopic (exact) mass is 530 g/mol. The van der Waals surface area contributed by atoms with E-state index in [0.29, 0.717) is 18.0 Å². The lowest BCUT2D eigenvalue weighted by Gasteiger charge is -2.24. The summed E-state index contributed by atoms with van der Waals surface area (Å²) in [6.07, 6.45) is 0.205. The smallest absolute Gasteiger partial charge is 0.217 e. The van der Waals surface area contributed by atoms with Gasteiger partial charge in [0.15, 0.2) is 0 Å². The van der Waals surface area contributed by atoms with E-state index in [1.165, 1.54) is 24.6 Å². The predicted octanol–water partition coefficient (Wildman–Crippen LogP) is 3.97. The molecule has 2 atom stereocenters. The van der Waals surface area contributed by atoms with Gasteiger partial charge in [-0.2, -0.15) is 0 Å². The Labute approximate surface area is 190 Å². The number of rotatable bonds is 10. The maximum absolute atomic E-state index is 13.5. The van der Waals surface area contributed by atoms with Crippen molar-refractivity contribution in [2.75, 3.05) is 6.54 Å². The van der Waals surface area contributed by atoms with Gasteiger partial charge in [0.2, 0.25) is 5.91 Å². The minimum atomic E-state index is -0.920. The van der Waals surface area contributed by atoms with Crippen LogP contribution >= 0.6 is 22.6 Å². The first kappa shape index (κ1) is 24.7. The third-order valence-electron chi connectivity index (χ3n) is 4.65. The van der Waals surface area contributed by atoms with Gasteiger partial charge < -0.3 is 15.7 Å². The van der Waals surface area contributed by atoms with Crippen LogP contribution in [0.15, 0.2) is 36.4 Å². The molecule has 2 rings (SSSR count). The van der Waals surface area contributed by atoms with E-state index in [1.54, 1.807) is 0 Å². The van der Waals surface area contributed by atoms with Crippen molar-refractivity contribution < 1.29 is 18.7 Å². The number of halogens is 3. The lowest BCUT2D eigenvalue weighted by atomic mass is 10.00. The second-order valence-corrected chi connectivity index (χ2v) is 9.17. The minimum Gasteiger partial charge on any atom is -0.390 e. The fourth-order valence-electron chi connectivity index (χ4n) is 3.39. The van der Waals surface area contributed by atoms with Crippen LogP contribution in [0.25, 0.3) is 0 Å². The van der Waals surface area contributed by atoms with Crippen molar-refractivity contribution in [3.8, 4) is 0 Å². The average Bonchev–Trinajstić information content (AvgIpc) is 2.62. The molecule has 2 aromatic rings. The van der Waals surface area contributed by atoms with Gasteiger partial charge in [-0.3, -0.25) is 4.79 Å².